The molecule has 148 valence electrons. The van der Waals surface area contributed by atoms with Crippen LogP contribution in [0.25, 0.3) is 0 Å². The lowest BCUT2D eigenvalue weighted by molar-refractivity contribution is -0.142. The molecule has 1 amide bonds. The van der Waals surface area contributed by atoms with Crippen LogP contribution in [0.5, 0.6) is 0 Å². The van der Waals surface area contributed by atoms with Gasteiger partial charge in [0, 0.05) is 39.8 Å². The third-order valence-electron chi connectivity index (χ3n) is 6.48. The largest absolute Gasteiger partial charge is 0.339 e. The first-order valence-corrected chi connectivity index (χ1v) is 11.3. The van der Waals surface area contributed by atoms with Crippen LogP contribution in [0.3, 0.4) is 0 Å². The zero-order valence-corrected chi connectivity index (χ0v) is 17.0. The lowest BCUT2D eigenvalue weighted by Gasteiger charge is -2.50. The van der Waals surface area contributed by atoms with Crippen molar-refractivity contribution in [2.45, 2.75) is 44.1 Å². The first kappa shape index (κ1) is 18.9. The van der Waals surface area contributed by atoms with Crippen LogP contribution in [0.1, 0.15) is 43.6 Å². The van der Waals surface area contributed by atoms with Crippen LogP contribution in [0, 0.1) is 5.41 Å². The molecule has 27 heavy (non-hydrogen) atoms. The van der Waals surface area contributed by atoms with E-state index in [0.717, 1.165) is 44.2 Å². The monoisotopic (exact) mass is 391 g/mol. The minimum atomic E-state index is -3.36. The molecule has 1 aromatic rings. The molecule has 3 aliphatic rings. The van der Waals surface area contributed by atoms with Crippen LogP contribution in [-0.4, -0.2) is 67.6 Å². The van der Waals surface area contributed by atoms with Crippen LogP contribution in [-0.2, 0) is 15.0 Å². The second-order valence-corrected chi connectivity index (χ2v) is 10.7. The Morgan fingerprint density at radius 3 is 2.26 bits per heavy atom. The quantitative estimate of drug-likeness (QED) is 0.789. The van der Waals surface area contributed by atoms with Gasteiger partial charge in [-0.1, -0.05) is 30.3 Å². The average Bonchev–Trinajstić information content (AvgIpc) is 3.50. The molecule has 1 aliphatic carbocycles. The van der Waals surface area contributed by atoms with E-state index in [1.165, 1.54) is 4.31 Å². The van der Waals surface area contributed by atoms with E-state index in [4.69, 9.17) is 0 Å². The summed E-state index contributed by atoms with van der Waals surface area (Å²) in [7, 11) is -0.198. The fourth-order valence-electron chi connectivity index (χ4n) is 4.65. The molecule has 0 radical (unpaired) electrons. The van der Waals surface area contributed by atoms with Crippen molar-refractivity contribution < 1.29 is 13.2 Å². The van der Waals surface area contributed by atoms with Crippen molar-refractivity contribution in [3.05, 3.63) is 35.9 Å². The van der Waals surface area contributed by atoms with Gasteiger partial charge in [0.1, 0.15) is 0 Å². The minimum absolute atomic E-state index is 0.0232. The van der Waals surface area contributed by atoms with Crippen molar-refractivity contribution >= 4 is 16.1 Å². The maximum atomic E-state index is 13.2. The molecule has 1 unspecified atom stereocenters. The molecule has 0 bridgehead atoms. The standard InChI is InChI=1S/C20H29N3O3S/c1-21(2)27(25,26)22-12-10-20(11-13-22)14-18(16-6-4-3-5-7-16)19(24)23(15-20)17-8-9-17/h3-7,17-18H,8-15H2,1-2H3. The van der Waals surface area contributed by atoms with Crippen molar-refractivity contribution in [3.63, 3.8) is 0 Å². The number of nitrogens with zero attached hydrogens (tertiary/aromatic N) is 3. The van der Waals surface area contributed by atoms with Gasteiger partial charge in [0.2, 0.25) is 5.91 Å². The molecule has 3 fully saturated rings. The molecule has 0 N–H and O–H groups in total. The number of hydrogen-bond donors (Lipinski definition) is 0. The van der Waals surface area contributed by atoms with Gasteiger partial charge in [0.25, 0.3) is 10.2 Å². The van der Waals surface area contributed by atoms with Gasteiger partial charge in [-0.15, -0.1) is 0 Å². The van der Waals surface area contributed by atoms with Gasteiger partial charge in [0.05, 0.1) is 5.92 Å². The highest BCUT2D eigenvalue weighted by Gasteiger charge is 2.50. The zero-order valence-electron chi connectivity index (χ0n) is 16.2. The van der Waals surface area contributed by atoms with E-state index in [2.05, 4.69) is 17.0 Å². The first-order chi connectivity index (χ1) is 12.8. The maximum absolute atomic E-state index is 13.2. The summed E-state index contributed by atoms with van der Waals surface area (Å²) < 4.78 is 27.8. The normalized spacial score (nSPS) is 26.7. The number of carbonyl (C=O) groups excluding carboxylic acids is 1. The Hall–Kier alpha value is -1.44. The summed E-state index contributed by atoms with van der Waals surface area (Å²) in [6.45, 7) is 1.86. The number of rotatable bonds is 4. The summed E-state index contributed by atoms with van der Waals surface area (Å²) in [5.41, 5.74) is 1.12. The van der Waals surface area contributed by atoms with E-state index in [1.54, 1.807) is 18.4 Å². The van der Waals surface area contributed by atoms with Gasteiger partial charge >= 0.3 is 0 Å². The van der Waals surface area contributed by atoms with Crippen molar-refractivity contribution in [3.8, 4) is 0 Å². The van der Waals surface area contributed by atoms with Crippen molar-refractivity contribution in [1.82, 2.24) is 13.5 Å². The van der Waals surface area contributed by atoms with Crippen molar-refractivity contribution in [2.24, 2.45) is 5.41 Å². The number of carbonyl (C=O) groups is 1. The van der Waals surface area contributed by atoms with Gasteiger partial charge in [-0.3, -0.25) is 4.79 Å². The Kier molecular flexibility index (Phi) is 4.81. The summed E-state index contributed by atoms with van der Waals surface area (Å²) >= 11 is 0. The average molecular weight is 392 g/mol. The molecule has 4 rings (SSSR count). The highest BCUT2D eigenvalue weighted by atomic mass is 32.2. The third-order valence-corrected chi connectivity index (χ3v) is 8.43. The Morgan fingerprint density at radius 1 is 1.07 bits per heavy atom. The van der Waals surface area contributed by atoms with Crippen LogP contribution in [0.4, 0.5) is 0 Å². The molecule has 2 saturated heterocycles. The highest BCUT2D eigenvalue weighted by molar-refractivity contribution is 7.86. The summed E-state index contributed by atoms with van der Waals surface area (Å²) in [6.07, 6.45) is 4.67. The predicted octanol–water partition coefficient (Wildman–Crippen LogP) is 2.05. The van der Waals surface area contributed by atoms with Gasteiger partial charge in [-0.25, -0.2) is 0 Å². The van der Waals surface area contributed by atoms with Crippen LogP contribution in [0.2, 0.25) is 0 Å². The summed E-state index contributed by atoms with van der Waals surface area (Å²) in [5.74, 6) is 0.162. The molecule has 6 nitrogen and oxygen atoms in total. The SMILES string of the molecule is CN(C)S(=O)(=O)N1CCC2(CC1)CC(c1ccccc1)C(=O)N(C1CC1)C2. The Labute approximate surface area is 162 Å². The van der Waals surface area contributed by atoms with E-state index in [9.17, 15) is 13.2 Å². The van der Waals surface area contributed by atoms with E-state index in [-0.39, 0.29) is 17.2 Å². The van der Waals surface area contributed by atoms with E-state index in [0.29, 0.717) is 19.1 Å². The molecular formula is C20H29N3O3S. The van der Waals surface area contributed by atoms with Gasteiger partial charge < -0.3 is 4.90 Å². The van der Waals surface area contributed by atoms with Gasteiger partial charge in [0.15, 0.2) is 0 Å². The predicted molar refractivity (Wildman–Crippen MR) is 104 cm³/mol. The van der Waals surface area contributed by atoms with Gasteiger partial charge in [-0.2, -0.15) is 17.0 Å². The Bertz CT molecular complexity index is 797. The molecular weight excluding hydrogens is 362 g/mol. The lowest BCUT2D eigenvalue weighted by atomic mass is 9.68. The van der Waals surface area contributed by atoms with Gasteiger partial charge in [-0.05, 0) is 43.1 Å². The summed E-state index contributed by atoms with van der Waals surface area (Å²) in [6, 6.07) is 10.5. The fourth-order valence-corrected chi connectivity index (χ4v) is 5.76. The van der Waals surface area contributed by atoms with Crippen LogP contribution >= 0.6 is 0 Å². The molecule has 1 saturated carbocycles. The zero-order chi connectivity index (χ0) is 19.2. The molecule has 1 atom stereocenters. The second-order valence-electron chi connectivity index (χ2n) is 8.55. The Morgan fingerprint density at radius 2 is 1.70 bits per heavy atom. The van der Waals surface area contributed by atoms with Crippen molar-refractivity contribution in [1.29, 1.82) is 0 Å². The minimum Gasteiger partial charge on any atom is -0.339 e. The number of likely N-dealkylation sites (tertiary alicyclic amines) is 1. The fraction of sp³-hybridized carbons (Fsp3) is 0.650. The summed E-state index contributed by atoms with van der Waals surface area (Å²) in [4.78, 5) is 15.3. The van der Waals surface area contributed by atoms with Crippen LogP contribution < -0.4 is 0 Å². The Balaban J connectivity index is 1.57. The van der Waals surface area contributed by atoms with Crippen LogP contribution in [0.15, 0.2) is 30.3 Å². The molecule has 0 aromatic heterocycles. The topological polar surface area (TPSA) is 60.9 Å². The molecule has 7 heteroatoms. The molecule has 2 aliphatic heterocycles. The highest BCUT2D eigenvalue weighted by Crippen LogP contribution is 2.48. The maximum Gasteiger partial charge on any atom is 0.281 e. The van der Waals surface area contributed by atoms with E-state index >= 15 is 0 Å². The summed E-state index contributed by atoms with van der Waals surface area (Å²) in [5, 5.41) is 0. The smallest absolute Gasteiger partial charge is 0.281 e. The number of amides is 1. The third kappa shape index (κ3) is 3.52. The van der Waals surface area contributed by atoms with E-state index in [1.807, 2.05) is 18.2 Å². The molecule has 2 heterocycles. The number of hydrogen-bond acceptors (Lipinski definition) is 3. The molecule has 1 spiro atoms. The van der Waals surface area contributed by atoms with E-state index < -0.39 is 10.2 Å². The number of benzene rings is 1. The second kappa shape index (κ2) is 6.87. The number of piperidine rings is 2. The lowest BCUT2D eigenvalue weighted by Crippen LogP contribution is -2.56. The first-order valence-electron chi connectivity index (χ1n) is 9.85. The molecule has 1 aromatic carbocycles. The van der Waals surface area contributed by atoms with Crippen molar-refractivity contribution in [2.75, 3.05) is 33.7 Å².